The summed E-state index contributed by atoms with van der Waals surface area (Å²) in [7, 11) is 0. The number of carbonyl (C=O) groups excluding carboxylic acids is 2. The lowest BCUT2D eigenvalue weighted by Gasteiger charge is -2.17. The van der Waals surface area contributed by atoms with Crippen molar-refractivity contribution >= 4 is 23.7 Å². The first-order valence-electron chi connectivity index (χ1n) is 8.99. The van der Waals surface area contributed by atoms with E-state index in [1.165, 1.54) is 0 Å². The summed E-state index contributed by atoms with van der Waals surface area (Å²) in [6.07, 6.45) is 3.45. The molecule has 6 nitrogen and oxygen atoms in total. The first-order valence-corrected chi connectivity index (χ1v) is 10.0. The van der Waals surface area contributed by atoms with Gasteiger partial charge in [-0.1, -0.05) is 6.42 Å². The summed E-state index contributed by atoms with van der Waals surface area (Å²) >= 11 is 1.92. The average molecular weight is 365 g/mol. The maximum absolute atomic E-state index is 12.2. The number of furan rings is 1. The molecule has 1 aromatic heterocycles. The Hall–Kier alpha value is -1.63. The zero-order valence-corrected chi connectivity index (χ0v) is 15.9. The van der Waals surface area contributed by atoms with E-state index in [1.807, 2.05) is 38.6 Å². The first kappa shape index (κ1) is 18.2. The molecule has 0 aliphatic carbocycles. The second kappa shape index (κ2) is 7.72. The highest BCUT2D eigenvalue weighted by molar-refractivity contribution is 8.00. The van der Waals surface area contributed by atoms with Crippen LogP contribution in [0.15, 0.2) is 10.5 Å². The number of urea groups is 1. The molecule has 0 unspecified atom stereocenters. The lowest BCUT2D eigenvalue weighted by atomic mass is 10.0. The number of hydrogen-bond acceptors (Lipinski definition) is 4. The molecule has 138 valence electrons. The average Bonchev–Trinajstić information content (AvgIpc) is 3.18. The summed E-state index contributed by atoms with van der Waals surface area (Å²) in [5, 5.41) is 9.47. The van der Waals surface area contributed by atoms with E-state index in [-0.39, 0.29) is 30.1 Å². The molecule has 3 rings (SSSR count). The molecule has 2 aliphatic rings. The van der Waals surface area contributed by atoms with E-state index in [0.29, 0.717) is 11.7 Å². The van der Waals surface area contributed by atoms with E-state index >= 15 is 0 Å². The summed E-state index contributed by atoms with van der Waals surface area (Å²) in [6.45, 7) is 5.83. The summed E-state index contributed by atoms with van der Waals surface area (Å²) in [5.74, 6) is 2.80. The fourth-order valence-corrected chi connectivity index (χ4v) is 5.29. The molecule has 25 heavy (non-hydrogen) atoms. The molecule has 0 spiro atoms. The Balaban J connectivity index is 1.36. The van der Waals surface area contributed by atoms with Crippen molar-refractivity contribution in [3.63, 3.8) is 0 Å². The number of unbranched alkanes of at least 4 members (excludes halogenated alkanes) is 1. The van der Waals surface area contributed by atoms with E-state index in [0.717, 1.165) is 42.1 Å². The molecule has 2 fully saturated rings. The summed E-state index contributed by atoms with van der Waals surface area (Å²) in [4.78, 5) is 23.5. The van der Waals surface area contributed by atoms with Crippen LogP contribution < -0.4 is 16.0 Å². The Morgan fingerprint density at radius 3 is 2.92 bits per heavy atom. The number of carbonyl (C=O) groups is 2. The molecule has 7 heteroatoms. The lowest BCUT2D eigenvalue weighted by Crippen LogP contribution is -2.36. The van der Waals surface area contributed by atoms with Gasteiger partial charge in [0.2, 0.25) is 5.91 Å². The zero-order chi connectivity index (χ0) is 18.0. The molecule has 0 bridgehead atoms. The third kappa shape index (κ3) is 4.32. The minimum atomic E-state index is -0.0431. The molecule has 2 aliphatic heterocycles. The van der Waals surface area contributed by atoms with Crippen molar-refractivity contribution in [2.24, 2.45) is 0 Å². The SMILES string of the molecule is Cc1cc([C@@H](C)NC(=O)CCCC[C@@H]2SC[C@@H]3NC(=O)N[C@@H]32)c(C)o1. The number of hydrogen-bond donors (Lipinski definition) is 3. The van der Waals surface area contributed by atoms with Gasteiger partial charge in [0.05, 0.1) is 18.1 Å². The molecule has 2 saturated heterocycles. The van der Waals surface area contributed by atoms with Crippen molar-refractivity contribution in [1.29, 1.82) is 0 Å². The van der Waals surface area contributed by atoms with Gasteiger partial charge in [-0.2, -0.15) is 11.8 Å². The van der Waals surface area contributed by atoms with Crippen LogP contribution >= 0.6 is 11.8 Å². The molecule has 3 heterocycles. The quantitative estimate of drug-likeness (QED) is 0.512. The molecular formula is C18H27N3O3S. The highest BCUT2D eigenvalue weighted by atomic mass is 32.2. The molecule has 3 N–H and O–H groups in total. The summed E-state index contributed by atoms with van der Waals surface area (Å²) < 4.78 is 5.53. The molecule has 3 amide bonds. The number of fused-ring (bicyclic) bond motifs is 1. The molecule has 0 aromatic carbocycles. The van der Waals surface area contributed by atoms with Crippen molar-refractivity contribution in [3.05, 3.63) is 23.2 Å². The zero-order valence-electron chi connectivity index (χ0n) is 15.1. The van der Waals surface area contributed by atoms with Crippen LogP contribution in [0.4, 0.5) is 4.79 Å². The van der Waals surface area contributed by atoms with E-state index in [4.69, 9.17) is 4.42 Å². The van der Waals surface area contributed by atoms with Crippen molar-refractivity contribution in [2.75, 3.05) is 5.75 Å². The van der Waals surface area contributed by atoms with E-state index in [1.54, 1.807) is 0 Å². The largest absolute Gasteiger partial charge is 0.466 e. The van der Waals surface area contributed by atoms with E-state index in [2.05, 4.69) is 16.0 Å². The normalized spacial score (nSPS) is 26.0. The predicted octanol–water partition coefficient (Wildman–Crippen LogP) is 2.80. The van der Waals surface area contributed by atoms with Crippen LogP contribution in [0.1, 0.15) is 55.7 Å². The number of thioether (sulfide) groups is 1. The summed E-state index contributed by atoms with van der Waals surface area (Å²) in [6, 6.07) is 2.43. The minimum Gasteiger partial charge on any atom is -0.466 e. The van der Waals surface area contributed by atoms with Crippen LogP contribution in [0, 0.1) is 13.8 Å². The van der Waals surface area contributed by atoms with Crippen LogP contribution in [-0.4, -0.2) is 35.0 Å². The number of rotatable bonds is 7. The van der Waals surface area contributed by atoms with E-state index in [9.17, 15) is 9.59 Å². The maximum atomic E-state index is 12.2. The molecule has 1 aromatic rings. The Labute approximate surface area is 152 Å². The summed E-state index contributed by atoms with van der Waals surface area (Å²) in [5.41, 5.74) is 1.05. The van der Waals surface area contributed by atoms with Gasteiger partial charge in [-0.3, -0.25) is 4.79 Å². The van der Waals surface area contributed by atoms with Crippen molar-refractivity contribution < 1.29 is 14.0 Å². The molecule has 0 saturated carbocycles. The topological polar surface area (TPSA) is 83.4 Å². The van der Waals surface area contributed by atoms with Crippen LogP contribution in [-0.2, 0) is 4.79 Å². The van der Waals surface area contributed by atoms with Crippen LogP contribution in [0.2, 0.25) is 0 Å². The van der Waals surface area contributed by atoms with Crippen molar-refractivity contribution in [1.82, 2.24) is 16.0 Å². The van der Waals surface area contributed by atoms with Gasteiger partial charge in [0.1, 0.15) is 11.5 Å². The number of nitrogens with one attached hydrogen (secondary N) is 3. The minimum absolute atomic E-state index is 0.0316. The number of aryl methyl sites for hydroxylation is 2. The second-order valence-electron chi connectivity index (χ2n) is 7.03. The Bertz CT molecular complexity index is 646. The first-order chi connectivity index (χ1) is 11.9. The van der Waals surface area contributed by atoms with Gasteiger partial charge >= 0.3 is 6.03 Å². The Kier molecular flexibility index (Phi) is 5.61. The van der Waals surface area contributed by atoms with Crippen molar-refractivity contribution in [2.45, 2.75) is 69.8 Å². The highest BCUT2D eigenvalue weighted by Crippen LogP contribution is 2.33. The van der Waals surface area contributed by atoms with Gasteiger partial charge in [-0.15, -0.1) is 0 Å². The van der Waals surface area contributed by atoms with Gasteiger partial charge in [0.15, 0.2) is 0 Å². The van der Waals surface area contributed by atoms with Crippen LogP contribution in [0.3, 0.4) is 0 Å². The van der Waals surface area contributed by atoms with Crippen LogP contribution in [0.25, 0.3) is 0 Å². The van der Waals surface area contributed by atoms with Crippen molar-refractivity contribution in [3.8, 4) is 0 Å². The highest BCUT2D eigenvalue weighted by Gasteiger charge is 2.42. The lowest BCUT2D eigenvalue weighted by molar-refractivity contribution is -0.121. The monoisotopic (exact) mass is 365 g/mol. The van der Waals surface area contributed by atoms with E-state index < -0.39 is 0 Å². The molecule has 4 atom stereocenters. The second-order valence-corrected chi connectivity index (χ2v) is 8.30. The Morgan fingerprint density at radius 2 is 2.20 bits per heavy atom. The predicted molar refractivity (Wildman–Crippen MR) is 98.7 cm³/mol. The van der Waals surface area contributed by atoms with Gasteiger partial charge in [0.25, 0.3) is 0 Å². The van der Waals surface area contributed by atoms with Gasteiger partial charge in [-0.05, 0) is 39.7 Å². The maximum Gasteiger partial charge on any atom is 0.315 e. The number of amides is 3. The fourth-order valence-electron chi connectivity index (χ4n) is 3.75. The smallest absolute Gasteiger partial charge is 0.315 e. The van der Waals surface area contributed by atoms with Crippen LogP contribution in [0.5, 0.6) is 0 Å². The molecule has 0 radical (unpaired) electrons. The third-order valence-corrected chi connectivity index (χ3v) is 6.51. The van der Waals surface area contributed by atoms with Gasteiger partial charge < -0.3 is 20.4 Å². The third-order valence-electron chi connectivity index (χ3n) is 5.00. The Morgan fingerprint density at radius 1 is 1.40 bits per heavy atom. The fraction of sp³-hybridized carbons (Fsp3) is 0.667. The van der Waals surface area contributed by atoms with Gasteiger partial charge in [-0.25, -0.2) is 4.79 Å². The van der Waals surface area contributed by atoms with Gasteiger partial charge in [0, 0.05) is 23.0 Å². The standard InChI is InChI=1S/C18H27N3O3S/c1-10-8-13(12(3)24-10)11(2)19-16(22)7-5-4-6-15-17-14(9-25-15)20-18(23)21-17/h8,11,14-15,17H,4-7,9H2,1-3H3,(H,19,22)(H2,20,21,23)/t11-,14+,15+,17+/m1/s1. The molecular weight excluding hydrogens is 338 g/mol.